The van der Waals surface area contributed by atoms with Crippen molar-refractivity contribution in [1.82, 2.24) is 4.90 Å². The number of fused-ring (bicyclic) bond motifs is 1. The fraction of sp³-hybridized carbons (Fsp3) is 0.571. The average Bonchev–Trinajstić information content (AvgIpc) is 2.84. The Morgan fingerprint density at radius 1 is 1.08 bits per heavy atom. The van der Waals surface area contributed by atoms with Crippen molar-refractivity contribution >= 4 is 23.4 Å². The van der Waals surface area contributed by atoms with Crippen LogP contribution in [0.2, 0.25) is 0 Å². The average molecular weight is 356 g/mol. The van der Waals surface area contributed by atoms with Crippen LogP contribution in [0.1, 0.15) is 58.4 Å². The lowest BCUT2D eigenvalue weighted by Crippen LogP contribution is -2.34. The zero-order chi connectivity index (χ0) is 18.9. The molecule has 3 amide bonds. The number of carbonyl (C=O) groups is 3. The summed E-state index contributed by atoms with van der Waals surface area (Å²) < 4.78 is 0. The van der Waals surface area contributed by atoms with Gasteiger partial charge in [-0.05, 0) is 29.9 Å². The molecule has 1 heterocycles. The zero-order valence-corrected chi connectivity index (χ0v) is 15.9. The van der Waals surface area contributed by atoms with Crippen LogP contribution in [0, 0.1) is 11.8 Å². The van der Waals surface area contributed by atoms with Gasteiger partial charge >= 0.3 is 0 Å². The Morgan fingerprint density at radius 3 is 2.23 bits per heavy atom. The number of hydrogen-bond acceptors (Lipinski definition) is 3. The first kappa shape index (κ1) is 18.6. The molecule has 140 valence electrons. The lowest BCUT2D eigenvalue weighted by molar-refractivity contribution is -0.140. The summed E-state index contributed by atoms with van der Waals surface area (Å²) in [4.78, 5) is 38.7. The number of hydrogen-bond donors (Lipinski definition) is 1. The maximum absolute atomic E-state index is 12.5. The molecule has 26 heavy (non-hydrogen) atoms. The van der Waals surface area contributed by atoms with Crippen molar-refractivity contribution in [2.24, 2.45) is 11.8 Å². The van der Waals surface area contributed by atoms with Crippen LogP contribution in [0.3, 0.4) is 0 Å². The van der Waals surface area contributed by atoms with Crippen LogP contribution in [0.4, 0.5) is 5.69 Å². The molecule has 5 nitrogen and oxygen atoms in total. The summed E-state index contributed by atoms with van der Waals surface area (Å²) >= 11 is 0. The molecule has 0 bridgehead atoms. The van der Waals surface area contributed by atoms with E-state index in [1.165, 1.54) is 4.90 Å². The molecule has 5 heteroatoms. The van der Waals surface area contributed by atoms with Crippen LogP contribution < -0.4 is 5.32 Å². The van der Waals surface area contributed by atoms with Gasteiger partial charge in [-0.3, -0.25) is 19.3 Å². The quantitative estimate of drug-likeness (QED) is 0.840. The van der Waals surface area contributed by atoms with Gasteiger partial charge in [0.15, 0.2) is 0 Å². The lowest BCUT2D eigenvalue weighted by atomic mass is 9.81. The van der Waals surface area contributed by atoms with Gasteiger partial charge in [0.2, 0.25) is 17.7 Å². The van der Waals surface area contributed by atoms with Crippen molar-refractivity contribution in [3.8, 4) is 0 Å². The van der Waals surface area contributed by atoms with Gasteiger partial charge in [0, 0.05) is 18.7 Å². The van der Waals surface area contributed by atoms with Gasteiger partial charge in [0.05, 0.1) is 11.8 Å². The van der Waals surface area contributed by atoms with E-state index in [9.17, 15) is 14.4 Å². The molecule has 2 fully saturated rings. The Bertz CT molecular complexity index is 696. The molecule has 2 unspecified atom stereocenters. The topological polar surface area (TPSA) is 66.5 Å². The van der Waals surface area contributed by atoms with Gasteiger partial charge in [-0.25, -0.2) is 0 Å². The molecule has 1 N–H and O–H groups in total. The Morgan fingerprint density at radius 2 is 1.65 bits per heavy atom. The van der Waals surface area contributed by atoms with Crippen molar-refractivity contribution in [1.29, 1.82) is 0 Å². The number of nitrogens with one attached hydrogen (secondary N) is 1. The van der Waals surface area contributed by atoms with Crippen molar-refractivity contribution in [3.05, 3.63) is 29.8 Å². The van der Waals surface area contributed by atoms with E-state index in [1.807, 2.05) is 24.3 Å². The van der Waals surface area contributed by atoms with Crippen LogP contribution in [0.15, 0.2) is 24.3 Å². The SMILES string of the molecule is CC(C)(C)c1ccccc1NC(=O)CCN1C(=O)C2CCCCC2C1=O. The van der Waals surface area contributed by atoms with Crippen LogP contribution in [0.25, 0.3) is 0 Å². The number of carbonyl (C=O) groups excluding carboxylic acids is 3. The molecule has 1 aromatic carbocycles. The van der Waals surface area contributed by atoms with Gasteiger partial charge < -0.3 is 5.32 Å². The minimum Gasteiger partial charge on any atom is -0.326 e. The Hall–Kier alpha value is -2.17. The van der Waals surface area contributed by atoms with Crippen LogP contribution >= 0.6 is 0 Å². The highest BCUT2D eigenvalue weighted by Crippen LogP contribution is 2.38. The van der Waals surface area contributed by atoms with E-state index in [0.717, 1.165) is 36.9 Å². The number of imide groups is 1. The summed E-state index contributed by atoms with van der Waals surface area (Å²) in [5.74, 6) is -0.635. The number of anilines is 1. The predicted octanol–water partition coefficient (Wildman–Crippen LogP) is 3.49. The highest BCUT2D eigenvalue weighted by molar-refractivity contribution is 6.05. The fourth-order valence-corrected chi connectivity index (χ4v) is 4.12. The van der Waals surface area contributed by atoms with E-state index >= 15 is 0 Å². The van der Waals surface area contributed by atoms with E-state index < -0.39 is 0 Å². The van der Waals surface area contributed by atoms with Crippen molar-refractivity contribution in [3.63, 3.8) is 0 Å². The maximum Gasteiger partial charge on any atom is 0.233 e. The number of likely N-dealkylation sites (tertiary alicyclic amines) is 1. The highest BCUT2D eigenvalue weighted by Gasteiger charge is 2.47. The first-order valence-electron chi connectivity index (χ1n) is 9.53. The first-order valence-corrected chi connectivity index (χ1v) is 9.53. The van der Waals surface area contributed by atoms with E-state index in [-0.39, 0.29) is 47.9 Å². The van der Waals surface area contributed by atoms with Crippen LogP contribution in [0.5, 0.6) is 0 Å². The molecule has 1 aliphatic carbocycles. The molecule has 2 aliphatic rings. The Kier molecular flexibility index (Phi) is 5.17. The molecule has 0 radical (unpaired) electrons. The molecule has 1 saturated heterocycles. The fourth-order valence-electron chi connectivity index (χ4n) is 4.12. The lowest BCUT2D eigenvalue weighted by Gasteiger charge is -2.23. The van der Waals surface area contributed by atoms with Crippen molar-refractivity contribution in [2.75, 3.05) is 11.9 Å². The number of rotatable bonds is 4. The van der Waals surface area contributed by atoms with E-state index in [1.54, 1.807) is 0 Å². The molecule has 1 aliphatic heterocycles. The van der Waals surface area contributed by atoms with Gasteiger partial charge in [0.25, 0.3) is 0 Å². The Labute approximate surface area is 155 Å². The summed E-state index contributed by atoms with van der Waals surface area (Å²) in [5.41, 5.74) is 1.77. The monoisotopic (exact) mass is 356 g/mol. The summed E-state index contributed by atoms with van der Waals surface area (Å²) in [6.45, 7) is 6.47. The third kappa shape index (κ3) is 3.67. The normalized spacial score (nSPS) is 23.1. The van der Waals surface area contributed by atoms with Crippen molar-refractivity contribution in [2.45, 2.75) is 58.3 Å². The van der Waals surface area contributed by atoms with E-state index in [4.69, 9.17) is 0 Å². The minimum atomic E-state index is -0.169. The second-order valence-corrected chi connectivity index (χ2v) is 8.42. The molecule has 1 aromatic rings. The molecular weight excluding hydrogens is 328 g/mol. The molecule has 3 rings (SSSR count). The summed E-state index contributed by atoms with van der Waals surface area (Å²) in [7, 11) is 0. The summed E-state index contributed by atoms with van der Waals surface area (Å²) in [6, 6.07) is 7.75. The molecular formula is C21H28N2O3. The van der Waals surface area contributed by atoms with Crippen molar-refractivity contribution < 1.29 is 14.4 Å². The number of para-hydroxylation sites is 1. The smallest absolute Gasteiger partial charge is 0.233 e. The van der Waals surface area contributed by atoms with E-state index in [2.05, 4.69) is 26.1 Å². The largest absolute Gasteiger partial charge is 0.326 e. The zero-order valence-electron chi connectivity index (χ0n) is 15.9. The predicted molar refractivity (Wildman–Crippen MR) is 101 cm³/mol. The molecule has 0 spiro atoms. The van der Waals surface area contributed by atoms with Gasteiger partial charge in [-0.1, -0.05) is 51.8 Å². The van der Waals surface area contributed by atoms with Gasteiger partial charge in [-0.15, -0.1) is 0 Å². The number of benzene rings is 1. The first-order chi connectivity index (χ1) is 12.3. The van der Waals surface area contributed by atoms with E-state index in [0.29, 0.717) is 0 Å². The standard InChI is InChI=1S/C21H28N2O3/c1-21(2,3)16-10-6-7-11-17(16)22-18(24)12-13-23-19(25)14-8-4-5-9-15(14)20(23)26/h6-7,10-11,14-15H,4-5,8-9,12-13H2,1-3H3,(H,22,24). The number of amides is 3. The Balaban J connectivity index is 1.62. The van der Waals surface area contributed by atoms with Gasteiger partial charge in [0.1, 0.15) is 0 Å². The van der Waals surface area contributed by atoms with Crippen LogP contribution in [-0.2, 0) is 19.8 Å². The molecule has 1 saturated carbocycles. The summed E-state index contributed by atoms with van der Waals surface area (Å²) in [5, 5.41) is 2.95. The van der Waals surface area contributed by atoms with Crippen LogP contribution in [-0.4, -0.2) is 29.2 Å². The highest BCUT2D eigenvalue weighted by atomic mass is 16.2. The maximum atomic E-state index is 12.5. The third-order valence-corrected chi connectivity index (χ3v) is 5.50. The second-order valence-electron chi connectivity index (χ2n) is 8.42. The van der Waals surface area contributed by atoms with Gasteiger partial charge in [-0.2, -0.15) is 0 Å². The molecule has 2 atom stereocenters. The third-order valence-electron chi connectivity index (χ3n) is 5.50. The molecule has 0 aromatic heterocycles. The minimum absolute atomic E-state index is 0.0809. The summed E-state index contributed by atoms with van der Waals surface area (Å²) in [6.07, 6.45) is 3.76. The number of nitrogens with zero attached hydrogens (tertiary/aromatic N) is 1. The second kappa shape index (κ2) is 7.22.